The summed E-state index contributed by atoms with van der Waals surface area (Å²) < 4.78 is 69.1. The second-order valence-corrected chi connectivity index (χ2v) is 9.50. The van der Waals surface area contributed by atoms with Crippen molar-refractivity contribution in [3.63, 3.8) is 0 Å². The number of ether oxygens (including phenoxy) is 1. The van der Waals surface area contributed by atoms with Crippen molar-refractivity contribution in [2.45, 2.75) is 44.7 Å². The van der Waals surface area contributed by atoms with Gasteiger partial charge in [-0.1, -0.05) is 25.1 Å². The van der Waals surface area contributed by atoms with Crippen molar-refractivity contribution < 1.29 is 36.2 Å². The van der Waals surface area contributed by atoms with Crippen LogP contribution >= 0.6 is 0 Å². The van der Waals surface area contributed by atoms with Crippen molar-refractivity contribution in [1.82, 2.24) is 4.90 Å². The summed E-state index contributed by atoms with van der Waals surface area (Å²) in [6, 6.07) is 6.55. The molecule has 1 unspecified atom stereocenters. The molecule has 1 aliphatic rings. The summed E-state index contributed by atoms with van der Waals surface area (Å²) >= 11 is 0. The first-order valence-electron chi connectivity index (χ1n) is 9.78. The number of benzene rings is 1. The fraction of sp³-hybridized carbons (Fsp3) is 0.476. The lowest BCUT2D eigenvalue weighted by atomic mass is 10.2. The van der Waals surface area contributed by atoms with Gasteiger partial charge in [0.25, 0.3) is 5.91 Å². The molecule has 0 aromatic heterocycles. The largest absolute Gasteiger partial charge is 0.484 e. The van der Waals surface area contributed by atoms with Crippen molar-refractivity contribution in [1.29, 1.82) is 0 Å². The number of carbonyl (C=O) groups excluding carboxylic acids is 1. The second-order valence-electron chi connectivity index (χ2n) is 7.22. The monoisotopic (exact) mass is 461 g/mol. The summed E-state index contributed by atoms with van der Waals surface area (Å²) in [6.07, 6.45) is -2.49. The number of hydrogen-bond donors (Lipinski definition) is 1. The molecule has 1 atom stereocenters. The average molecular weight is 462 g/mol. The highest BCUT2D eigenvalue weighted by molar-refractivity contribution is 7.95. The van der Waals surface area contributed by atoms with Gasteiger partial charge in [0.1, 0.15) is 5.75 Å². The Labute approximate surface area is 179 Å². The Morgan fingerprint density at radius 3 is 2.45 bits per heavy atom. The molecule has 0 radical (unpaired) electrons. The van der Waals surface area contributed by atoms with Crippen LogP contribution in [0.3, 0.4) is 0 Å². The third-order valence-electron chi connectivity index (χ3n) is 5.09. The number of aliphatic hydroxyl groups excluding tert-OH is 1. The fourth-order valence-electron chi connectivity index (χ4n) is 3.08. The number of allylic oxidation sites excluding steroid dienone is 4. The van der Waals surface area contributed by atoms with Crippen LogP contribution in [0.5, 0.6) is 5.75 Å². The number of amides is 1. The van der Waals surface area contributed by atoms with Gasteiger partial charge in [0.2, 0.25) is 0 Å². The summed E-state index contributed by atoms with van der Waals surface area (Å²) in [5.41, 5.74) is -0.188. The summed E-state index contributed by atoms with van der Waals surface area (Å²) in [5, 5.41) is 8.16. The van der Waals surface area contributed by atoms with Crippen molar-refractivity contribution in [2.24, 2.45) is 0 Å². The van der Waals surface area contributed by atoms with E-state index in [1.165, 1.54) is 4.90 Å². The minimum atomic E-state index is -4.52. The Morgan fingerprint density at radius 2 is 1.90 bits per heavy atom. The van der Waals surface area contributed by atoms with Crippen LogP contribution in [0.2, 0.25) is 0 Å². The standard InChI is InChI=1S/C21H26F3NO5S/c1-3-18(9-4-15(2)21(22,23)24)31(28,29)19-10-11-25(12-19)20(27)14-30-17-7-5-16(13-26)6-8-17/h4-9,19,26H,3,10-14H2,1-2H3/b15-4+,18-9-. The summed E-state index contributed by atoms with van der Waals surface area (Å²) in [6.45, 7) is 2.26. The van der Waals surface area contributed by atoms with E-state index in [2.05, 4.69) is 0 Å². The number of aliphatic hydroxyl groups is 1. The Kier molecular flexibility index (Phi) is 8.30. The van der Waals surface area contributed by atoms with Gasteiger partial charge in [-0.3, -0.25) is 4.79 Å². The minimum Gasteiger partial charge on any atom is -0.484 e. The molecule has 6 nitrogen and oxygen atoms in total. The molecule has 1 aliphatic heterocycles. The highest BCUT2D eigenvalue weighted by Crippen LogP contribution is 2.28. The SMILES string of the molecule is CC/C(=C/C=C(\C)C(F)(F)F)S(=O)(=O)C1CCN(C(=O)COc2ccc(CO)cc2)C1. The Hall–Kier alpha value is -2.33. The third-order valence-corrected chi connectivity index (χ3v) is 7.50. The van der Waals surface area contributed by atoms with E-state index in [1.807, 2.05) is 0 Å². The van der Waals surface area contributed by atoms with E-state index in [9.17, 15) is 26.4 Å². The summed E-state index contributed by atoms with van der Waals surface area (Å²) in [4.78, 5) is 13.7. The van der Waals surface area contributed by atoms with E-state index in [0.29, 0.717) is 11.3 Å². The fourth-order valence-corrected chi connectivity index (χ4v) is 4.96. The lowest BCUT2D eigenvalue weighted by Gasteiger charge is -2.18. The predicted molar refractivity (Wildman–Crippen MR) is 110 cm³/mol. The third kappa shape index (κ3) is 6.57. The number of alkyl halides is 3. The Morgan fingerprint density at radius 1 is 1.26 bits per heavy atom. The molecule has 1 amide bonds. The summed E-state index contributed by atoms with van der Waals surface area (Å²) in [7, 11) is -3.84. The van der Waals surface area contributed by atoms with Crippen molar-refractivity contribution in [3.05, 3.63) is 52.5 Å². The van der Waals surface area contributed by atoms with Crippen molar-refractivity contribution >= 4 is 15.7 Å². The van der Waals surface area contributed by atoms with E-state index in [4.69, 9.17) is 9.84 Å². The number of likely N-dealkylation sites (tertiary alicyclic amines) is 1. The first-order valence-corrected chi connectivity index (χ1v) is 11.3. The molecule has 1 aromatic carbocycles. The van der Waals surface area contributed by atoms with Crippen molar-refractivity contribution in [3.8, 4) is 5.75 Å². The molecule has 0 bridgehead atoms. The molecule has 1 N–H and O–H groups in total. The smallest absolute Gasteiger partial charge is 0.412 e. The zero-order chi connectivity index (χ0) is 23.2. The van der Waals surface area contributed by atoms with Gasteiger partial charge in [0.05, 0.1) is 11.9 Å². The van der Waals surface area contributed by atoms with Gasteiger partial charge in [-0.25, -0.2) is 8.42 Å². The maximum absolute atomic E-state index is 12.9. The summed E-state index contributed by atoms with van der Waals surface area (Å²) in [5.74, 6) is 0.0655. The number of rotatable bonds is 8. The number of carbonyl (C=O) groups is 1. The second kappa shape index (κ2) is 10.3. The molecular weight excluding hydrogens is 435 g/mol. The molecule has 1 saturated heterocycles. The van der Waals surface area contributed by atoms with Crippen LogP contribution in [0.1, 0.15) is 32.3 Å². The van der Waals surface area contributed by atoms with Gasteiger partial charge in [-0.15, -0.1) is 0 Å². The maximum atomic E-state index is 12.9. The van der Waals surface area contributed by atoms with Gasteiger partial charge in [0, 0.05) is 23.6 Å². The van der Waals surface area contributed by atoms with E-state index < -0.39 is 26.8 Å². The number of halogens is 3. The van der Waals surface area contributed by atoms with Crippen LogP contribution in [0.25, 0.3) is 0 Å². The van der Waals surface area contributed by atoms with Gasteiger partial charge in [-0.2, -0.15) is 13.2 Å². The highest BCUT2D eigenvalue weighted by atomic mass is 32.2. The van der Waals surface area contributed by atoms with Gasteiger partial charge < -0.3 is 14.7 Å². The Bertz CT molecular complexity index is 937. The predicted octanol–water partition coefficient (Wildman–Crippen LogP) is 3.38. The molecule has 2 rings (SSSR count). The molecule has 0 saturated carbocycles. The molecule has 1 fully saturated rings. The van der Waals surface area contributed by atoms with Crippen LogP contribution in [0, 0.1) is 0 Å². The van der Waals surface area contributed by atoms with Gasteiger partial charge in [-0.05, 0) is 43.5 Å². The molecule has 1 aromatic rings. The normalized spacial score (nSPS) is 18.4. The lowest BCUT2D eigenvalue weighted by Crippen LogP contribution is -2.35. The molecular formula is C21H26F3NO5S. The molecule has 0 spiro atoms. The number of nitrogens with zero attached hydrogens (tertiary/aromatic N) is 1. The highest BCUT2D eigenvalue weighted by Gasteiger charge is 2.37. The maximum Gasteiger partial charge on any atom is 0.412 e. The number of hydrogen-bond acceptors (Lipinski definition) is 5. The van der Waals surface area contributed by atoms with E-state index in [-0.39, 0.29) is 50.0 Å². The minimum absolute atomic E-state index is 0.0344. The average Bonchev–Trinajstić information content (AvgIpc) is 3.23. The Balaban J connectivity index is 2.01. The first-order chi connectivity index (χ1) is 14.5. The van der Waals surface area contributed by atoms with Crippen LogP contribution in [-0.4, -0.2) is 55.5 Å². The quantitative estimate of drug-likeness (QED) is 0.600. The molecule has 0 aliphatic carbocycles. The topological polar surface area (TPSA) is 83.9 Å². The van der Waals surface area contributed by atoms with Crippen molar-refractivity contribution in [2.75, 3.05) is 19.7 Å². The molecule has 10 heteroatoms. The molecule has 1 heterocycles. The van der Waals surface area contributed by atoms with E-state index >= 15 is 0 Å². The first kappa shape index (κ1) is 24.9. The molecule has 172 valence electrons. The van der Waals surface area contributed by atoms with Gasteiger partial charge in [0.15, 0.2) is 16.4 Å². The zero-order valence-electron chi connectivity index (χ0n) is 17.4. The molecule has 31 heavy (non-hydrogen) atoms. The lowest BCUT2D eigenvalue weighted by molar-refractivity contribution is -0.132. The van der Waals surface area contributed by atoms with E-state index in [0.717, 1.165) is 19.1 Å². The van der Waals surface area contributed by atoms with Crippen LogP contribution in [-0.2, 0) is 21.2 Å². The van der Waals surface area contributed by atoms with E-state index in [1.54, 1.807) is 31.2 Å². The van der Waals surface area contributed by atoms with Crippen LogP contribution in [0.15, 0.2) is 46.9 Å². The van der Waals surface area contributed by atoms with Crippen LogP contribution in [0.4, 0.5) is 13.2 Å². The zero-order valence-corrected chi connectivity index (χ0v) is 18.2. The number of sulfone groups is 1. The van der Waals surface area contributed by atoms with Crippen LogP contribution < -0.4 is 4.74 Å². The van der Waals surface area contributed by atoms with Gasteiger partial charge >= 0.3 is 6.18 Å².